The number of cyclic esters (lactones) is 1. The summed E-state index contributed by atoms with van der Waals surface area (Å²) >= 11 is 12.0. The van der Waals surface area contributed by atoms with Crippen LogP contribution in [0, 0.1) is 5.92 Å². The lowest BCUT2D eigenvalue weighted by Crippen LogP contribution is -2.44. The van der Waals surface area contributed by atoms with Gasteiger partial charge in [0.25, 0.3) is 0 Å². The number of benzene rings is 2. The Bertz CT molecular complexity index is 964. The van der Waals surface area contributed by atoms with Crippen molar-refractivity contribution in [3.8, 4) is 5.75 Å². The van der Waals surface area contributed by atoms with E-state index in [1.54, 1.807) is 12.1 Å². The second-order valence-electron chi connectivity index (χ2n) is 8.46. The van der Waals surface area contributed by atoms with Crippen LogP contribution >= 0.6 is 23.2 Å². The number of esters is 1. The number of ether oxygens (including phenoxy) is 2. The van der Waals surface area contributed by atoms with Crippen molar-refractivity contribution in [3.05, 3.63) is 75.5 Å². The summed E-state index contributed by atoms with van der Waals surface area (Å²) in [4.78, 5) is 12.0. The predicted molar refractivity (Wildman–Crippen MR) is 122 cm³/mol. The van der Waals surface area contributed by atoms with Gasteiger partial charge in [0.1, 0.15) is 23.7 Å². The Hall–Kier alpha value is -2.17. The average molecular weight is 461 g/mol. The number of hydrogen-bond donors (Lipinski definition) is 1. The lowest BCUT2D eigenvalue weighted by molar-refractivity contribution is -0.165. The van der Waals surface area contributed by atoms with Crippen LogP contribution in [0.1, 0.15) is 49.7 Å². The van der Waals surface area contributed by atoms with Gasteiger partial charge in [0.2, 0.25) is 0 Å². The van der Waals surface area contributed by atoms with E-state index in [0.717, 1.165) is 49.0 Å². The SMILES string of the molecule is O=C1C=C(O)CC(CCc2ccc(OCc3ccc(Cl)c(Cl)c3)cc2)(C2CCCC2)O1. The molecule has 1 aliphatic carbocycles. The van der Waals surface area contributed by atoms with Crippen LogP contribution in [0.4, 0.5) is 0 Å². The lowest BCUT2D eigenvalue weighted by Gasteiger charge is -2.40. The van der Waals surface area contributed by atoms with Crippen molar-refractivity contribution >= 4 is 29.2 Å². The molecule has 1 fully saturated rings. The minimum absolute atomic E-state index is 0.134. The number of aryl methyl sites for hydroxylation is 1. The standard InChI is InChI=1S/C25H26Cl2O4/c26-22-10-7-18(13-23(22)27)16-30-21-8-5-17(6-9-21)11-12-25(19-3-1-2-4-19)15-20(28)14-24(29)31-25/h5-10,13-14,19,28H,1-4,11-12,15-16H2. The molecule has 1 aliphatic heterocycles. The first-order chi connectivity index (χ1) is 14.9. The van der Waals surface area contributed by atoms with Gasteiger partial charge in [-0.05, 0) is 67.0 Å². The normalized spacial score (nSPS) is 21.6. The molecule has 1 atom stereocenters. The van der Waals surface area contributed by atoms with Crippen LogP contribution in [-0.2, 0) is 22.6 Å². The molecular weight excluding hydrogens is 435 g/mol. The maximum absolute atomic E-state index is 12.0. The smallest absolute Gasteiger partial charge is 0.334 e. The molecule has 0 amide bonds. The number of carbonyl (C=O) groups excluding carboxylic acids is 1. The molecule has 0 radical (unpaired) electrons. The van der Waals surface area contributed by atoms with Crippen LogP contribution in [0.25, 0.3) is 0 Å². The molecule has 0 bridgehead atoms. The molecule has 31 heavy (non-hydrogen) atoms. The van der Waals surface area contributed by atoms with E-state index in [-0.39, 0.29) is 5.76 Å². The van der Waals surface area contributed by atoms with Crippen molar-refractivity contribution in [2.75, 3.05) is 0 Å². The van der Waals surface area contributed by atoms with Crippen LogP contribution in [-0.4, -0.2) is 16.7 Å². The first-order valence-corrected chi connectivity index (χ1v) is 11.5. The van der Waals surface area contributed by atoms with E-state index < -0.39 is 11.6 Å². The van der Waals surface area contributed by atoms with Gasteiger partial charge in [0.15, 0.2) is 0 Å². The Morgan fingerprint density at radius 2 is 1.74 bits per heavy atom. The van der Waals surface area contributed by atoms with Crippen LogP contribution in [0.2, 0.25) is 10.0 Å². The molecule has 0 aromatic heterocycles. The van der Waals surface area contributed by atoms with Gasteiger partial charge >= 0.3 is 5.97 Å². The van der Waals surface area contributed by atoms with Crippen molar-refractivity contribution in [1.29, 1.82) is 0 Å². The number of halogens is 2. The minimum atomic E-state index is -0.602. The Morgan fingerprint density at radius 1 is 1.03 bits per heavy atom. The number of rotatable bonds is 7. The highest BCUT2D eigenvalue weighted by atomic mass is 35.5. The number of hydrogen-bond acceptors (Lipinski definition) is 4. The topological polar surface area (TPSA) is 55.8 Å². The molecule has 6 heteroatoms. The predicted octanol–water partition coefficient (Wildman–Crippen LogP) is 6.82. The van der Waals surface area contributed by atoms with Crippen LogP contribution in [0.5, 0.6) is 5.75 Å². The van der Waals surface area contributed by atoms with Crippen molar-refractivity contribution in [3.63, 3.8) is 0 Å². The summed E-state index contributed by atoms with van der Waals surface area (Å²) < 4.78 is 11.7. The second kappa shape index (κ2) is 9.54. The van der Waals surface area contributed by atoms with Crippen molar-refractivity contribution in [2.45, 2.75) is 57.2 Å². The average Bonchev–Trinajstić information content (AvgIpc) is 3.29. The Labute approximate surface area is 192 Å². The van der Waals surface area contributed by atoms with E-state index in [4.69, 9.17) is 32.7 Å². The van der Waals surface area contributed by atoms with Crippen molar-refractivity contribution < 1.29 is 19.4 Å². The monoisotopic (exact) mass is 460 g/mol. The molecule has 4 rings (SSSR count). The molecule has 164 valence electrons. The second-order valence-corrected chi connectivity index (χ2v) is 9.28. The molecule has 1 heterocycles. The molecule has 1 unspecified atom stereocenters. The molecular formula is C25H26Cl2O4. The van der Waals surface area contributed by atoms with Gasteiger partial charge in [0, 0.05) is 6.42 Å². The molecule has 4 nitrogen and oxygen atoms in total. The van der Waals surface area contributed by atoms with E-state index in [0.29, 0.717) is 35.4 Å². The largest absolute Gasteiger partial charge is 0.512 e. The van der Waals surface area contributed by atoms with Gasteiger partial charge in [-0.15, -0.1) is 0 Å². The zero-order valence-corrected chi connectivity index (χ0v) is 18.8. The molecule has 1 N–H and O–H groups in total. The number of aliphatic hydroxyl groups is 1. The highest BCUT2D eigenvalue weighted by Crippen LogP contribution is 2.44. The molecule has 2 aromatic rings. The summed E-state index contributed by atoms with van der Waals surface area (Å²) in [6.07, 6.45) is 7.47. The molecule has 2 aromatic carbocycles. The van der Waals surface area contributed by atoms with Gasteiger partial charge in [-0.2, -0.15) is 0 Å². The summed E-state index contributed by atoms with van der Waals surface area (Å²) in [5.74, 6) is 0.780. The summed E-state index contributed by atoms with van der Waals surface area (Å²) in [6.45, 7) is 0.405. The fourth-order valence-electron chi connectivity index (χ4n) is 4.69. The molecule has 2 aliphatic rings. The third-order valence-electron chi connectivity index (χ3n) is 6.32. The van der Waals surface area contributed by atoms with Gasteiger partial charge in [0.05, 0.1) is 16.1 Å². The maximum atomic E-state index is 12.0. The van der Waals surface area contributed by atoms with E-state index in [1.807, 2.05) is 30.3 Å². The number of carbonyl (C=O) groups is 1. The zero-order chi connectivity index (χ0) is 21.8. The van der Waals surface area contributed by atoms with Gasteiger partial charge < -0.3 is 14.6 Å². The molecule has 1 saturated carbocycles. The lowest BCUT2D eigenvalue weighted by atomic mass is 9.77. The highest BCUT2D eigenvalue weighted by molar-refractivity contribution is 6.42. The summed E-state index contributed by atoms with van der Waals surface area (Å²) in [6, 6.07) is 13.4. The van der Waals surface area contributed by atoms with Crippen LogP contribution < -0.4 is 4.74 Å². The molecule has 0 saturated heterocycles. The van der Waals surface area contributed by atoms with Crippen LogP contribution in [0.3, 0.4) is 0 Å². The van der Waals surface area contributed by atoms with E-state index in [9.17, 15) is 9.90 Å². The third kappa shape index (κ3) is 5.36. The minimum Gasteiger partial charge on any atom is -0.512 e. The third-order valence-corrected chi connectivity index (χ3v) is 7.06. The first kappa shape index (κ1) is 22.0. The molecule has 0 spiro atoms. The Morgan fingerprint density at radius 3 is 2.42 bits per heavy atom. The zero-order valence-electron chi connectivity index (χ0n) is 17.3. The van der Waals surface area contributed by atoms with Gasteiger partial charge in [-0.3, -0.25) is 0 Å². The first-order valence-electron chi connectivity index (χ1n) is 10.7. The summed E-state index contributed by atoms with van der Waals surface area (Å²) in [7, 11) is 0. The summed E-state index contributed by atoms with van der Waals surface area (Å²) in [5.41, 5.74) is 1.49. The maximum Gasteiger partial charge on any atom is 0.334 e. The van der Waals surface area contributed by atoms with E-state index >= 15 is 0 Å². The number of aliphatic hydroxyl groups excluding tert-OH is 1. The van der Waals surface area contributed by atoms with E-state index in [2.05, 4.69) is 0 Å². The highest BCUT2D eigenvalue weighted by Gasteiger charge is 2.45. The quantitative estimate of drug-likeness (QED) is 0.460. The van der Waals surface area contributed by atoms with Crippen LogP contribution in [0.15, 0.2) is 54.3 Å². The van der Waals surface area contributed by atoms with Crippen molar-refractivity contribution in [2.24, 2.45) is 5.92 Å². The fourth-order valence-corrected chi connectivity index (χ4v) is 5.01. The van der Waals surface area contributed by atoms with Crippen molar-refractivity contribution in [1.82, 2.24) is 0 Å². The van der Waals surface area contributed by atoms with Gasteiger partial charge in [-0.1, -0.05) is 54.2 Å². The Kier molecular flexibility index (Phi) is 6.78. The van der Waals surface area contributed by atoms with E-state index in [1.165, 1.54) is 6.08 Å². The summed E-state index contributed by atoms with van der Waals surface area (Å²) in [5, 5.41) is 11.2. The van der Waals surface area contributed by atoms with Gasteiger partial charge in [-0.25, -0.2) is 4.79 Å². The fraction of sp³-hybridized carbons (Fsp3) is 0.400. The Balaban J connectivity index is 1.38.